The Balaban J connectivity index is 0.648. The number of piperidine rings is 4. The summed E-state index contributed by atoms with van der Waals surface area (Å²) >= 11 is 0. The van der Waals surface area contributed by atoms with Gasteiger partial charge in [-0.25, -0.2) is 23.1 Å². The molecule has 2 unspecified atom stereocenters. The zero-order chi connectivity index (χ0) is 47.8. The minimum Gasteiger partial charge on any atom is -0.384 e. The van der Waals surface area contributed by atoms with Gasteiger partial charge in [0, 0.05) is 113 Å². The molecule has 0 saturated carbocycles. The van der Waals surface area contributed by atoms with Crippen molar-refractivity contribution in [3.05, 3.63) is 102 Å². The first-order valence-corrected chi connectivity index (χ1v) is 24.6. The van der Waals surface area contributed by atoms with Gasteiger partial charge in [0.25, 0.3) is 11.8 Å². The van der Waals surface area contributed by atoms with E-state index in [1.165, 1.54) is 17.3 Å². The van der Waals surface area contributed by atoms with Crippen molar-refractivity contribution in [1.82, 2.24) is 39.5 Å². The number of alkyl halides is 2. The van der Waals surface area contributed by atoms with Crippen LogP contribution in [0.5, 0.6) is 0 Å². The second kappa shape index (κ2) is 19.8. The number of aryl methyl sites for hydroxylation is 1. The maximum absolute atomic E-state index is 15.9. The van der Waals surface area contributed by atoms with Gasteiger partial charge >= 0.3 is 0 Å². The van der Waals surface area contributed by atoms with E-state index < -0.39 is 29.7 Å². The van der Waals surface area contributed by atoms with Gasteiger partial charge in [-0.05, 0) is 129 Å². The molecule has 5 saturated heterocycles. The Morgan fingerprint density at radius 1 is 0.841 bits per heavy atom. The van der Waals surface area contributed by atoms with E-state index in [2.05, 4.69) is 50.3 Å². The molecular formula is C52H62F3N11O3. The third-order valence-electron chi connectivity index (χ3n) is 15.4. The fraction of sp³-hybridized carbons (Fsp3) is 0.481. The van der Waals surface area contributed by atoms with Crippen LogP contribution >= 0.6 is 0 Å². The number of nitrogens with two attached hydrogens (primary N) is 1. The molecule has 69 heavy (non-hydrogen) atoms. The number of carbonyl (C=O) groups is 3. The van der Waals surface area contributed by atoms with Gasteiger partial charge < -0.3 is 25.4 Å². The van der Waals surface area contributed by atoms with Gasteiger partial charge in [-0.15, -0.1) is 0 Å². The van der Waals surface area contributed by atoms with Crippen LogP contribution in [0.3, 0.4) is 0 Å². The van der Waals surface area contributed by atoms with Crippen LogP contribution < -0.4 is 21.3 Å². The Labute approximate surface area is 401 Å². The summed E-state index contributed by atoms with van der Waals surface area (Å²) in [7, 11) is 2.08. The van der Waals surface area contributed by atoms with Crippen molar-refractivity contribution in [2.75, 3.05) is 87.9 Å². The van der Waals surface area contributed by atoms with Crippen molar-refractivity contribution >= 4 is 45.9 Å². The number of piperazine rings is 1. The van der Waals surface area contributed by atoms with Gasteiger partial charge in [0.15, 0.2) is 0 Å². The molecule has 10 rings (SSSR count). The van der Waals surface area contributed by atoms with Crippen LogP contribution in [0.1, 0.15) is 72.5 Å². The first-order valence-electron chi connectivity index (χ1n) is 24.6. The molecule has 0 spiro atoms. The number of amides is 3. The van der Waals surface area contributed by atoms with Crippen molar-refractivity contribution in [3.63, 3.8) is 0 Å². The summed E-state index contributed by atoms with van der Waals surface area (Å²) in [5, 5.41) is 6.40. The number of nitrogen functional groups attached to an aromatic ring is 1. The second-order valence-electron chi connectivity index (χ2n) is 19.8. The summed E-state index contributed by atoms with van der Waals surface area (Å²) in [6, 6.07) is 19.5. The number of carbonyl (C=O) groups excluding carboxylic acids is 3. The number of halogens is 3. The summed E-state index contributed by atoms with van der Waals surface area (Å²) < 4.78 is 49.2. The molecule has 17 heteroatoms. The number of aromatic nitrogens is 3. The number of hydrogen-bond acceptors (Lipinski definition) is 11. The average molecular weight is 946 g/mol. The third kappa shape index (κ3) is 10.2. The van der Waals surface area contributed by atoms with Crippen molar-refractivity contribution in [2.45, 2.75) is 75.4 Å². The Morgan fingerprint density at radius 3 is 2.29 bits per heavy atom. The predicted octanol–water partition coefficient (Wildman–Crippen LogP) is 6.34. The third-order valence-corrected chi connectivity index (χ3v) is 15.4. The number of rotatable bonds is 11. The number of hydrogen-bond donors (Lipinski definition) is 3. The SMILES string of the molecule is Cn1c(CN2CCC(c3ccc(C(=O)N4CCC(CN5CCC(N6CCN(c7ccc(NC8CCC(=O)NC8=O)cc7F)CC6)C(F)(F)C5)CC4)cc3)CC2)cc2c(-c3ccc(N)nc3)ccnc21. The predicted molar refractivity (Wildman–Crippen MR) is 260 cm³/mol. The van der Waals surface area contributed by atoms with Gasteiger partial charge in [0.1, 0.15) is 23.3 Å². The zero-order valence-electron chi connectivity index (χ0n) is 39.3. The van der Waals surface area contributed by atoms with Crippen molar-refractivity contribution in [1.29, 1.82) is 0 Å². The number of nitrogens with zero attached hydrogens (tertiary/aromatic N) is 8. The van der Waals surface area contributed by atoms with E-state index in [1.807, 2.05) is 62.3 Å². The average Bonchev–Trinajstić information content (AvgIpc) is 3.67. The number of imide groups is 1. The van der Waals surface area contributed by atoms with Crippen LogP contribution in [0.4, 0.5) is 30.4 Å². The standard InChI is InChI=1S/C52H62F3N11O3/c1-61-40(29-42-41(12-18-57-49(42)61)38-6-10-47(56)58-30-38)32-62-19-15-36(16-20-62)35-2-4-37(5-3-35)51(69)66-22-13-34(14-23-66)31-63-21-17-46(52(54,55)33-63)65-26-24-64(25-27-65)45-9-7-39(28-43(45)53)59-44-8-11-48(67)60-50(44)68/h2-7,9-10,12,18,28-30,34,36,44,46,59H,8,11,13-17,19-27,31-33H2,1H3,(H2,56,58)(H,60,67,68). The largest absolute Gasteiger partial charge is 0.384 e. The van der Waals surface area contributed by atoms with E-state index in [4.69, 9.17) is 10.7 Å². The Hall–Kier alpha value is -6.04. The number of pyridine rings is 2. The van der Waals surface area contributed by atoms with Gasteiger partial charge in [-0.2, -0.15) is 0 Å². The van der Waals surface area contributed by atoms with Crippen molar-refractivity contribution < 1.29 is 27.6 Å². The topological polar surface area (TPSA) is 148 Å². The molecule has 14 nitrogen and oxygen atoms in total. The lowest BCUT2D eigenvalue weighted by Crippen LogP contribution is -2.62. The summed E-state index contributed by atoms with van der Waals surface area (Å²) in [4.78, 5) is 56.3. The van der Waals surface area contributed by atoms with Crippen LogP contribution in [0.2, 0.25) is 0 Å². The lowest BCUT2D eigenvalue weighted by atomic mass is 9.88. The van der Waals surface area contributed by atoms with Gasteiger partial charge in [0.05, 0.1) is 18.3 Å². The molecule has 0 radical (unpaired) electrons. The second-order valence-corrected chi connectivity index (χ2v) is 19.8. The van der Waals surface area contributed by atoms with Gasteiger partial charge in [0.2, 0.25) is 11.8 Å². The molecule has 4 N–H and O–H groups in total. The van der Waals surface area contributed by atoms with Gasteiger partial charge in [-0.1, -0.05) is 12.1 Å². The number of fused-ring (bicyclic) bond motifs is 1. The lowest BCUT2D eigenvalue weighted by Gasteiger charge is -2.47. The summed E-state index contributed by atoms with van der Waals surface area (Å²) in [5.74, 6) is -2.87. The normalized spacial score (nSPS) is 22.6. The quantitative estimate of drug-likeness (QED) is 0.128. The molecule has 0 bridgehead atoms. The molecule has 3 amide bonds. The smallest absolute Gasteiger partial charge is 0.275 e. The fourth-order valence-corrected chi connectivity index (χ4v) is 11.4. The Bertz CT molecular complexity index is 2660. The molecular weight excluding hydrogens is 884 g/mol. The first-order chi connectivity index (χ1) is 33.3. The Morgan fingerprint density at radius 2 is 1.59 bits per heavy atom. The molecule has 5 aliphatic rings. The van der Waals surface area contributed by atoms with Gasteiger partial charge in [-0.3, -0.25) is 34.4 Å². The lowest BCUT2D eigenvalue weighted by molar-refractivity contribution is -0.133. The molecule has 8 heterocycles. The molecule has 364 valence electrons. The highest BCUT2D eigenvalue weighted by molar-refractivity contribution is 6.01. The summed E-state index contributed by atoms with van der Waals surface area (Å²) in [6.45, 7) is 6.61. The zero-order valence-corrected chi connectivity index (χ0v) is 39.3. The molecule has 5 aromatic rings. The fourth-order valence-electron chi connectivity index (χ4n) is 11.4. The minimum atomic E-state index is -2.88. The van der Waals surface area contributed by atoms with E-state index in [1.54, 1.807) is 12.1 Å². The van der Waals surface area contributed by atoms with Crippen LogP contribution in [-0.2, 0) is 23.2 Å². The van der Waals surface area contributed by atoms with Crippen LogP contribution in [0.15, 0.2) is 79.1 Å². The first kappa shape index (κ1) is 46.7. The summed E-state index contributed by atoms with van der Waals surface area (Å²) in [6.07, 6.45) is 8.24. The molecule has 5 aliphatic heterocycles. The summed E-state index contributed by atoms with van der Waals surface area (Å²) in [5.41, 5.74) is 12.9. The van der Waals surface area contributed by atoms with Crippen LogP contribution in [0, 0.1) is 11.7 Å². The highest BCUT2D eigenvalue weighted by Crippen LogP contribution is 2.36. The molecule has 2 aromatic carbocycles. The van der Waals surface area contributed by atoms with Crippen LogP contribution in [-0.4, -0.2) is 142 Å². The number of benzene rings is 2. The van der Waals surface area contributed by atoms with E-state index in [0.29, 0.717) is 93.9 Å². The monoisotopic (exact) mass is 945 g/mol. The van der Waals surface area contributed by atoms with E-state index in [9.17, 15) is 14.4 Å². The van der Waals surface area contributed by atoms with E-state index in [0.717, 1.165) is 67.5 Å². The van der Waals surface area contributed by atoms with Crippen molar-refractivity contribution in [2.24, 2.45) is 13.0 Å². The molecule has 3 aromatic heterocycles. The molecule has 2 atom stereocenters. The number of nitrogens with one attached hydrogen (secondary N) is 2. The Kier molecular flexibility index (Phi) is 13.4. The number of likely N-dealkylation sites (tertiary alicyclic amines) is 3. The van der Waals surface area contributed by atoms with E-state index >= 15 is 13.2 Å². The molecule has 0 aliphatic carbocycles. The maximum Gasteiger partial charge on any atom is 0.275 e. The van der Waals surface area contributed by atoms with E-state index in [-0.39, 0.29) is 30.7 Å². The molecule has 5 fully saturated rings. The highest BCUT2D eigenvalue weighted by atomic mass is 19.3. The highest BCUT2D eigenvalue weighted by Gasteiger charge is 2.48. The maximum atomic E-state index is 15.9. The van der Waals surface area contributed by atoms with Crippen molar-refractivity contribution in [3.8, 4) is 11.1 Å². The van der Waals surface area contributed by atoms with Crippen LogP contribution in [0.25, 0.3) is 22.2 Å². The number of anilines is 3. The minimum absolute atomic E-state index is 0.0315.